The third kappa shape index (κ3) is 5.23. The first-order chi connectivity index (χ1) is 19.6. The number of carbonyl (C=O) groups is 1. The third-order valence-corrected chi connectivity index (χ3v) is 7.07. The maximum Gasteiger partial charge on any atom is 0.356 e. The summed E-state index contributed by atoms with van der Waals surface area (Å²) in [5.74, 6) is -0.217. The van der Waals surface area contributed by atoms with E-state index in [9.17, 15) is 9.90 Å². The van der Waals surface area contributed by atoms with E-state index in [1.807, 2.05) is 36.4 Å². The van der Waals surface area contributed by atoms with Crippen molar-refractivity contribution in [2.75, 3.05) is 18.4 Å². The molecule has 0 saturated carbocycles. The van der Waals surface area contributed by atoms with Gasteiger partial charge in [-0.1, -0.05) is 54.6 Å². The molecule has 2 aromatic carbocycles. The van der Waals surface area contributed by atoms with Gasteiger partial charge in [-0.05, 0) is 36.6 Å². The summed E-state index contributed by atoms with van der Waals surface area (Å²) < 4.78 is 1.61. The Morgan fingerprint density at radius 3 is 2.48 bits per heavy atom. The molecule has 40 heavy (non-hydrogen) atoms. The summed E-state index contributed by atoms with van der Waals surface area (Å²) in [4.78, 5) is 27.0. The molecule has 4 heterocycles. The fraction of sp³-hybridized carbons (Fsp3) is 0.200. The summed E-state index contributed by atoms with van der Waals surface area (Å²) in [5, 5.41) is 26.3. The van der Waals surface area contributed by atoms with Crippen LogP contribution in [0.25, 0.3) is 28.2 Å². The van der Waals surface area contributed by atoms with Gasteiger partial charge in [0.25, 0.3) is 0 Å². The Kier molecular flexibility index (Phi) is 6.87. The summed E-state index contributed by atoms with van der Waals surface area (Å²) in [6, 6.07) is 25.4. The standard InChI is InChI=1S/C30H26N8O2/c31-18-26-32-15-12-25(34-26)33-23-13-16-37(17-14-23)19-20-6-8-21(9-7-20)28-29(22-4-2-1-3-5-22)38-27(35-28)11-10-24(36-38)30(39)40/h1-12,15,23H,13-14,16-17,19H2,(H,39,40)(H,32,33,34). The lowest BCUT2D eigenvalue weighted by molar-refractivity contribution is 0.0689. The predicted molar refractivity (Wildman–Crippen MR) is 149 cm³/mol. The molecule has 1 saturated heterocycles. The van der Waals surface area contributed by atoms with Crippen molar-refractivity contribution >= 4 is 17.4 Å². The van der Waals surface area contributed by atoms with Crippen LogP contribution in [0.1, 0.15) is 34.7 Å². The quantitative estimate of drug-likeness (QED) is 0.312. The van der Waals surface area contributed by atoms with Gasteiger partial charge in [0, 0.05) is 43.0 Å². The molecule has 6 rings (SSSR count). The van der Waals surface area contributed by atoms with Crippen LogP contribution in [0, 0.1) is 11.3 Å². The number of hydrogen-bond acceptors (Lipinski definition) is 8. The van der Waals surface area contributed by atoms with Crippen LogP contribution >= 0.6 is 0 Å². The average Bonchev–Trinajstić information content (AvgIpc) is 3.38. The lowest BCUT2D eigenvalue weighted by Crippen LogP contribution is -2.38. The van der Waals surface area contributed by atoms with Crippen molar-refractivity contribution in [2.24, 2.45) is 0 Å². The molecule has 3 aromatic heterocycles. The maximum atomic E-state index is 11.6. The van der Waals surface area contributed by atoms with Gasteiger partial charge < -0.3 is 10.4 Å². The Labute approximate surface area is 230 Å². The highest BCUT2D eigenvalue weighted by Gasteiger charge is 2.21. The maximum absolute atomic E-state index is 11.6. The first kappa shape index (κ1) is 25.2. The average molecular weight is 531 g/mol. The second-order valence-corrected chi connectivity index (χ2v) is 9.74. The van der Waals surface area contributed by atoms with Gasteiger partial charge in [0.05, 0.1) is 5.69 Å². The van der Waals surface area contributed by atoms with Crippen LogP contribution in [0.3, 0.4) is 0 Å². The van der Waals surface area contributed by atoms with Crippen LogP contribution in [0.5, 0.6) is 0 Å². The van der Waals surface area contributed by atoms with Crippen molar-refractivity contribution in [3.63, 3.8) is 0 Å². The Morgan fingerprint density at radius 2 is 1.75 bits per heavy atom. The molecular formula is C30H26N8O2. The van der Waals surface area contributed by atoms with E-state index in [-0.39, 0.29) is 11.5 Å². The Balaban J connectivity index is 1.17. The van der Waals surface area contributed by atoms with Crippen LogP contribution in [0.4, 0.5) is 5.82 Å². The van der Waals surface area contributed by atoms with Crippen LogP contribution in [0.2, 0.25) is 0 Å². The first-order valence-corrected chi connectivity index (χ1v) is 13.1. The Hall–Kier alpha value is -5.14. The Bertz CT molecular complexity index is 1700. The van der Waals surface area contributed by atoms with Gasteiger partial charge in [0.15, 0.2) is 11.3 Å². The molecule has 10 nitrogen and oxygen atoms in total. The normalized spacial score (nSPS) is 14.2. The summed E-state index contributed by atoms with van der Waals surface area (Å²) >= 11 is 0. The number of carboxylic acids is 1. The molecule has 0 spiro atoms. The molecule has 198 valence electrons. The molecular weight excluding hydrogens is 504 g/mol. The number of imidazole rings is 1. The topological polar surface area (TPSA) is 132 Å². The van der Waals surface area contributed by atoms with Crippen LogP contribution < -0.4 is 5.32 Å². The highest BCUT2D eigenvalue weighted by molar-refractivity contribution is 5.86. The second-order valence-electron chi connectivity index (χ2n) is 9.74. The van der Waals surface area contributed by atoms with E-state index in [0.29, 0.717) is 17.5 Å². The lowest BCUT2D eigenvalue weighted by Gasteiger charge is -2.32. The number of aromatic carboxylic acids is 1. The molecule has 0 aliphatic carbocycles. The van der Waals surface area contributed by atoms with Crippen LogP contribution in [-0.4, -0.2) is 59.7 Å². The van der Waals surface area contributed by atoms with E-state index in [1.54, 1.807) is 22.8 Å². The molecule has 0 radical (unpaired) electrons. The van der Waals surface area contributed by atoms with Gasteiger partial charge in [-0.25, -0.2) is 24.3 Å². The number of likely N-dealkylation sites (tertiary alicyclic amines) is 1. The van der Waals surface area contributed by atoms with E-state index in [4.69, 9.17) is 10.2 Å². The third-order valence-electron chi connectivity index (χ3n) is 7.07. The number of nitrogens with one attached hydrogen (secondary N) is 1. The van der Waals surface area contributed by atoms with Crippen molar-refractivity contribution in [3.05, 3.63) is 96.1 Å². The number of aromatic nitrogens is 5. The van der Waals surface area contributed by atoms with Gasteiger partial charge in [-0.2, -0.15) is 10.4 Å². The van der Waals surface area contributed by atoms with Gasteiger partial charge in [-0.15, -0.1) is 0 Å². The first-order valence-electron chi connectivity index (χ1n) is 13.1. The van der Waals surface area contributed by atoms with Crippen LogP contribution in [0.15, 0.2) is 79.0 Å². The van der Waals surface area contributed by atoms with Crippen molar-refractivity contribution < 1.29 is 9.90 Å². The number of benzene rings is 2. The molecule has 10 heteroatoms. The van der Waals surface area contributed by atoms with E-state index >= 15 is 0 Å². The van der Waals surface area contributed by atoms with Crippen molar-refractivity contribution in [3.8, 4) is 28.6 Å². The fourth-order valence-electron chi connectivity index (χ4n) is 5.07. The smallest absolute Gasteiger partial charge is 0.356 e. The summed E-state index contributed by atoms with van der Waals surface area (Å²) in [5.41, 5.74) is 5.12. The summed E-state index contributed by atoms with van der Waals surface area (Å²) in [7, 11) is 0. The number of nitrogens with zero attached hydrogens (tertiary/aromatic N) is 7. The molecule has 1 aliphatic rings. The summed E-state index contributed by atoms with van der Waals surface area (Å²) in [6.07, 6.45) is 3.57. The fourth-order valence-corrected chi connectivity index (χ4v) is 5.07. The number of piperidine rings is 1. The monoisotopic (exact) mass is 530 g/mol. The Morgan fingerprint density at radius 1 is 0.975 bits per heavy atom. The van der Waals surface area contributed by atoms with Gasteiger partial charge in [0.1, 0.15) is 17.6 Å². The van der Waals surface area contributed by atoms with E-state index in [0.717, 1.165) is 55.0 Å². The molecule has 1 fully saturated rings. The summed E-state index contributed by atoms with van der Waals surface area (Å²) in [6.45, 7) is 2.76. The van der Waals surface area contributed by atoms with Gasteiger partial charge >= 0.3 is 5.97 Å². The van der Waals surface area contributed by atoms with Gasteiger partial charge in [-0.3, -0.25) is 4.90 Å². The molecule has 2 N–H and O–H groups in total. The van der Waals surface area contributed by atoms with Crippen molar-refractivity contribution in [1.29, 1.82) is 5.26 Å². The number of hydrogen-bond donors (Lipinski definition) is 2. The number of carboxylic acid groups (broad SMARTS) is 1. The zero-order valence-electron chi connectivity index (χ0n) is 21.6. The van der Waals surface area contributed by atoms with E-state index < -0.39 is 5.97 Å². The molecule has 0 amide bonds. The molecule has 0 atom stereocenters. The highest BCUT2D eigenvalue weighted by atomic mass is 16.4. The molecule has 1 aliphatic heterocycles. The minimum atomic E-state index is -1.08. The largest absolute Gasteiger partial charge is 0.476 e. The van der Waals surface area contributed by atoms with Gasteiger partial charge in [0.2, 0.25) is 5.82 Å². The minimum absolute atomic E-state index is 0.0353. The van der Waals surface area contributed by atoms with Crippen molar-refractivity contribution in [2.45, 2.75) is 25.4 Å². The lowest BCUT2D eigenvalue weighted by atomic mass is 10.0. The molecule has 0 unspecified atom stereocenters. The number of rotatable bonds is 7. The predicted octanol–water partition coefficient (Wildman–Crippen LogP) is 4.50. The number of anilines is 1. The second kappa shape index (κ2) is 10.9. The van der Waals surface area contributed by atoms with Crippen molar-refractivity contribution in [1.82, 2.24) is 29.5 Å². The van der Waals surface area contributed by atoms with E-state index in [2.05, 4.69) is 49.5 Å². The van der Waals surface area contributed by atoms with Crippen LogP contribution in [-0.2, 0) is 6.54 Å². The zero-order chi connectivity index (χ0) is 27.5. The molecule has 5 aromatic rings. The SMILES string of the molecule is N#Cc1nccc(NC2CCN(Cc3ccc(-c4nc5ccc(C(=O)O)nn5c4-c4ccccc4)cc3)CC2)n1. The van der Waals surface area contributed by atoms with E-state index in [1.165, 1.54) is 11.6 Å². The molecule has 0 bridgehead atoms. The number of nitriles is 1. The highest BCUT2D eigenvalue weighted by Crippen LogP contribution is 2.32. The number of fused-ring (bicyclic) bond motifs is 1. The zero-order valence-corrected chi connectivity index (χ0v) is 21.6. The minimum Gasteiger partial charge on any atom is -0.476 e.